The van der Waals surface area contributed by atoms with Crippen LogP contribution >= 0.6 is 11.8 Å². The fraction of sp³-hybridized carbons (Fsp3) is 0.593. The zero-order valence-corrected chi connectivity index (χ0v) is 21.7. The molecule has 2 N–H and O–H groups in total. The van der Waals surface area contributed by atoms with Crippen molar-refractivity contribution in [2.75, 3.05) is 13.2 Å². The normalized spacial score (nSPS) is 32.4. The summed E-state index contributed by atoms with van der Waals surface area (Å²) < 4.78 is -0.837. The zero-order valence-electron chi connectivity index (χ0n) is 20.9. The number of aliphatic hydroxyl groups is 1. The quantitative estimate of drug-likeness (QED) is 0.533. The predicted octanol–water partition coefficient (Wildman–Crippen LogP) is 2.82. The summed E-state index contributed by atoms with van der Waals surface area (Å²) in [6, 6.07) is 8.08. The number of carbonyl (C=O) groups excluding carboxylic acids is 2. The van der Waals surface area contributed by atoms with Gasteiger partial charge in [0.05, 0.1) is 29.2 Å². The number of likely N-dealkylation sites (tertiary alicyclic amines) is 1. The molecule has 3 fully saturated rings. The van der Waals surface area contributed by atoms with Gasteiger partial charge in [-0.25, -0.2) is 0 Å². The minimum Gasteiger partial charge on any atom is -0.481 e. The van der Waals surface area contributed by atoms with Gasteiger partial charge in [-0.05, 0) is 45.1 Å². The monoisotopic (exact) mass is 500 g/mol. The number of aliphatic carboxylic acids is 1. The van der Waals surface area contributed by atoms with Crippen LogP contribution in [0.5, 0.6) is 0 Å². The second-order valence-electron chi connectivity index (χ2n) is 11.1. The van der Waals surface area contributed by atoms with Crippen LogP contribution in [0.2, 0.25) is 0 Å². The molecule has 190 valence electrons. The molecule has 3 saturated heterocycles. The fourth-order valence-electron chi connectivity index (χ4n) is 6.52. The van der Waals surface area contributed by atoms with Crippen molar-refractivity contribution < 1.29 is 24.6 Å². The molecule has 0 aromatic heterocycles. The van der Waals surface area contributed by atoms with Gasteiger partial charge in [-0.3, -0.25) is 14.4 Å². The summed E-state index contributed by atoms with van der Waals surface area (Å²) in [5.41, 5.74) is 0.415. The Morgan fingerprint density at radius 1 is 1.31 bits per heavy atom. The zero-order chi connectivity index (χ0) is 25.7. The van der Waals surface area contributed by atoms with E-state index in [0.29, 0.717) is 19.4 Å². The Balaban J connectivity index is 1.85. The number of carbonyl (C=O) groups is 3. The van der Waals surface area contributed by atoms with Gasteiger partial charge < -0.3 is 20.0 Å². The van der Waals surface area contributed by atoms with Crippen LogP contribution < -0.4 is 0 Å². The van der Waals surface area contributed by atoms with Crippen LogP contribution in [0.1, 0.15) is 39.7 Å². The van der Waals surface area contributed by atoms with E-state index < -0.39 is 40.2 Å². The minimum absolute atomic E-state index is 0.0115. The maximum atomic E-state index is 14.4. The number of hydrogen-bond acceptors (Lipinski definition) is 5. The second kappa shape index (κ2) is 9.28. The van der Waals surface area contributed by atoms with Gasteiger partial charge in [0.15, 0.2) is 0 Å². The number of rotatable bonds is 8. The molecule has 7 nitrogen and oxygen atoms in total. The van der Waals surface area contributed by atoms with Crippen molar-refractivity contribution in [1.82, 2.24) is 9.80 Å². The van der Waals surface area contributed by atoms with Crippen molar-refractivity contribution >= 4 is 29.5 Å². The number of carboxylic acids is 1. The van der Waals surface area contributed by atoms with Crippen LogP contribution in [0.25, 0.3) is 0 Å². The number of fused-ring (bicyclic) bond motifs is 1. The van der Waals surface area contributed by atoms with E-state index in [1.807, 2.05) is 58.0 Å². The number of aliphatic hydroxyl groups excluding tert-OH is 1. The van der Waals surface area contributed by atoms with E-state index in [-0.39, 0.29) is 29.6 Å². The van der Waals surface area contributed by atoms with Gasteiger partial charge >= 0.3 is 5.97 Å². The molecule has 3 unspecified atom stereocenters. The Labute approximate surface area is 211 Å². The third-order valence-corrected chi connectivity index (χ3v) is 10.1. The average Bonchev–Trinajstić information content (AvgIpc) is 3.39. The highest BCUT2D eigenvalue weighted by Gasteiger charge is 2.77. The number of amides is 2. The molecule has 7 atom stereocenters. The van der Waals surface area contributed by atoms with E-state index >= 15 is 0 Å². The van der Waals surface area contributed by atoms with E-state index in [1.165, 1.54) is 11.8 Å². The number of hydrogen-bond donors (Lipinski definition) is 2. The minimum atomic E-state index is -0.981. The molecule has 1 aromatic rings. The van der Waals surface area contributed by atoms with E-state index in [1.54, 1.807) is 15.9 Å². The third-order valence-electron chi connectivity index (χ3n) is 8.01. The highest BCUT2D eigenvalue weighted by atomic mass is 32.2. The van der Waals surface area contributed by atoms with Crippen LogP contribution in [-0.4, -0.2) is 78.6 Å². The highest BCUT2D eigenvalue weighted by molar-refractivity contribution is 8.02. The lowest BCUT2D eigenvalue weighted by atomic mass is 9.66. The maximum absolute atomic E-state index is 14.4. The Morgan fingerprint density at radius 2 is 1.97 bits per heavy atom. The Bertz CT molecular complexity index is 1010. The SMILES string of the molecule is C=CCN(C(=O)C1N([C@@H](CO)Cc2ccccc2)C(=O)[C@@H]2[C@H](C(=O)O)[C@@H]3CC(C)C12S3)C(C)(C)C. The highest BCUT2D eigenvalue weighted by Crippen LogP contribution is 2.69. The first-order chi connectivity index (χ1) is 16.5. The molecule has 2 amide bonds. The van der Waals surface area contributed by atoms with Gasteiger partial charge in [0, 0.05) is 17.3 Å². The average molecular weight is 501 g/mol. The number of nitrogens with zero attached hydrogens (tertiary/aromatic N) is 2. The Kier molecular flexibility index (Phi) is 6.83. The maximum Gasteiger partial charge on any atom is 0.308 e. The van der Waals surface area contributed by atoms with E-state index in [2.05, 4.69) is 6.58 Å². The second-order valence-corrected chi connectivity index (χ2v) is 12.6. The van der Waals surface area contributed by atoms with Crippen molar-refractivity contribution in [2.24, 2.45) is 17.8 Å². The molecular formula is C27H36N2O5S. The molecule has 0 radical (unpaired) electrons. The summed E-state index contributed by atoms with van der Waals surface area (Å²) in [7, 11) is 0. The summed E-state index contributed by atoms with van der Waals surface area (Å²) in [6.07, 6.45) is 2.71. The molecule has 0 saturated carbocycles. The number of carboxylic acid groups (broad SMARTS) is 1. The van der Waals surface area contributed by atoms with Crippen LogP contribution in [0.15, 0.2) is 43.0 Å². The number of benzene rings is 1. The fourth-order valence-corrected chi connectivity index (χ4v) is 8.92. The molecule has 3 heterocycles. The van der Waals surface area contributed by atoms with E-state index in [0.717, 1.165) is 5.56 Å². The largest absolute Gasteiger partial charge is 0.481 e. The molecule has 3 aliphatic heterocycles. The predicted molar refractivity (Wildman–Crippen MR) is 136 cm³/mol. The van der Waals surface area contributed by atoms with Crippen LogP contribution in [0, 0.1) is 17.8 Å². The molecule has 3 aliphatic rings. The summed E-state index contributed by atoms with van der Waals surface area (Å²) in [4.78, 5) is 44.2. The first-order valence-corrected chi connectivity index (χ1v) is 13.2. The van der Waals surface area contributed by atoms with E-state index in [9.17, 15) is 24.6 Å². The lowest BCUT2D eigenvalue weighted by Crippen LogP contribution is -2.62. The first-order valence-electron chi connectivity index (χ1n) is 12.3. The molecular weight excluding hydrogens is 464 g/mol. The lowest BCUT2D eigenvalue weighted by Gasteiger charge is -2.45. The molecule has 1 spiro atoms. The van der Waals surface area contributed by atoms with Crippen LogP contribution in [0.3, 0.4) is 0 Å². The van der Waals surface area contributed by atoms with Gasteiger partial charge in [0.2, 0.25) is 11.8 Å². The van der Waals surface area contributed by atoms with Crippen molar-refractivity contribution in [2.45, 2.75) is 68.2 Å². The topological polar surface area (TPSA) is 98.2 Å². The van der Waals surface area contributed by atoms with Gasteiger partial charge in [0.25, 0.3) is 0 Å². The lowest BCUT2D eigenvalue weighted by molar-refractivity contribution is -0.150. The van der Waals surface area contributed by atoms with Crippen molar-refractivity contribution in [3.63, 3.8) is 0 Å². The summed E-state index contributed by atoms with van der Waals surface area (Å²) in [5, 5.41) is 20.4. The van der Waals surface area contributed by atoms with E-state index in [4.69, 9.17) is 0 Å². The smallest absolute Gasteiger partial charge is 0.308 e. The summed E-state index contributed by atoms with van der Waals surface area (Å²) in [5.74, 6) is -3.14. The molecule has 8 heteroatoms. The molecule has 35 heavy (non-hydrogen) atoms. The van der Waals surface area contributed by atoms with Gasteiger partial charge in [-0.15, -0.1) is 18.3 Å². The molecule has 2 bridgehead atoms. The summed E-state index contributed by atoms with van der Waals surface area (Å²) >= 11 is 1.52. The Hall–Kier alpha value is -2.32. The standard InChI is InChI=1S/C27H36N2O5S/c1-6-12-28(26(3,4)5)24(32)22-27-16(2)13-19(35-27)20(25(33)34)21(27)23(31)29(22)18(15-30)14-17-10-8-7-9-11-17/h6-11,16,18-22,30H,1,12-15H2,2-5H3,(H,33,34)/t16?,18-,19+,20-,21+,22?,27?/m1/s1. The van der Waals surface area contributed by atoms with Gasteiger partial charge in [0.1, 0.15) is 6.04 Å². The van der Waals surface area contributed by atoms with Crippen molar-refractivity contribution in [3.8, 4) is 0 Å². The van der Waals surface area contributed by atoms with Gasteiger partial charge in [-0.2, -0.15) is 0 Å². The molecule has 4 rings (SSSR count). The first kappa shape index (κ1) is 25.8. The molecule has 1 aromatic carbocycles. The summed E-state index contributed by atoms with van der Waals surface area (Å²) in [6.45, 7) is 11.7. The van der Waals surface area contributed by atoms with Gasteiger partial charge in [-0.1, -0.05) is 43.3 Å². The molecule has 0 aliphatic carbocycles. The van der Waals surface area contributed by atoms with Crippen LogP contribution in [-0.2, 0) is 20.8 Å². The Morgan fingerprint density at radius 3 is 2.51 bits per heavy atom. The van der Waals surface area contributed by atoms with Crippen molar-refractivity contribution in [3.05, 3.63) is 48.6 Å². The third kappa shape index (κ3) is 3.99. The van der Waals surface area contributed by atoms with Crippen molar-refractivity contribution in [1.29, 1.82) is 0 Å². The number of thioether (sulfide) groups is 1. The van der Waals surface area contributed by atoms with Crippen LogP contribution in [0.4, 0.5) is 0 Å².